The normalized spacial score (nSPS) is 13.9. The molecule has 1 saturated carbocycles. The minimum atomic E-state index is -4.81. The summed E-state index contributed by atoms with van der Waals surface area (Å²) >= 11 is 0. The van der Waals surface area contributed by atoms with Crippen LogP contribution in [0.1, 0.15) is 36.0 Å². The molecule has 0 unspecified atom stereocenters. The van der Waals surface area contributed by atoms with Crippen molar-refractivity contribution >= 4 is 9.84 Å². The van der Waals surface area contributed by atoms with Crippen LogP contribution in [0.25, 0.3) is 39.4 Å². The molecule has 0 spiro atoms. The van der Waals surface area contributed by atoms with E-state index in [2.05, 4.69) is 10.8 Å². The highest BCUT2D eigenvalue weighted by Gasteiger charge is 2.32. The number of hydrogen-bond donors (Lipinski definition) is 0. The molecule has 1 aliphatic carbocycles. The molecule has 6 rings (SSSR count). The van der Waals surface area contributed by atoms with E-state index in [1.807, 2.05) is 35.9 Å². The molecular formula is C31H26F3N3O4S. The summed E-state index contributed by atoms with van der Waals surface area (Å²) < 4.78 is 74.6. The van der Waals surface area contributed by atoms with E-state index in [9.17, 15) is 21.6 Å². The van der Waals surface area contributed by atoms with Crippen molar-refractivity contribution in [1.82, 2.24) is 14.8 Å². The Hall–Kier alpha value is -4.38. The monoisotopic (exact) mass is 593 g/mol. The van der Waals surface area contributed by atoms with Crippen molar-refractivity contribution in [3.8, 4) is 45.1 Å². The van der Waals surface area contributed by atoms with E-state index >= 15 is 0 Å². The average Bonchev–Trinajstić information content (AvgIpc) is 3.59. The lowest BCUT2D eigenvalue weighted by Crippen LogP contribution is -2.16. The summed E-state index contributed by atoms with van der Waals surface area (Å²) in [5.41, 5.74) is 5.79. The number of oxazole rings is 1. The van der Waals surface area contributed by atoms with E-state index in [4.69, 9.17) is 14.5 Å². The summed E-state index contributed by atoms with van der Waals surface area (Å²) in [7, 11) is -3.43. The standard InChI is InChI=1S/C31H26F3N3O4S/c1-18-15-28(20-7-8-20)37(36-18)27-14-11-23(22-5-4-6-25(16-22)42(3,38)39)17-26(27)29-30(40-19(2)35-29)21-9-12-24(13-10-21)41-31(32,33)34/h4-6,9-17,20H,7-8H2,1-3H3. The number of aromatic nitrogens is 3. The Morgan fingerprint density at radius 1 is 0.929 bits per heavy atom. The second-order valence-electron chi connectivity index (χ2n) is 10.4. The van der Waals surface area contributed by atoms with Crippen molar-refractivity contribution in [2.75, 3.05) is 6.26 Å². The van der Waals surface area contributed by atoms with Crippen LogP contribution in [-0.4, -0.2) is 35.8 Å². The molecule has 0 atom stereocenters. The van der Waals surface area contributed by atoms with Crippen LogP contribution in [0, 0.1) is 13.8 Å². The summed E-state index contributed by atoms with van der Waals surface area (Å²) in [6.07, 6.45) is -1.51. The lowest BCUT2D eigenvalue weighted by molar-refractivity contribution is -0.274. The Labute approximate surface area is 240 Å². The lowest BCUT2D eigenvalue weighted by Gasteiger charge is -2.15. The Balaban J connectivity index is 1.53. The molecule has 0 radical (unpaired) electrons. The SMILES string of the molecule is Cc1cc(C2CC2)n(-c2ccc(-c3cccc(S(C)(=O)=O)c3)cc2-c2nc(C)oc2-c2ccc(OC(F)(F)F)cc2)n1. The summed E-state index contributed by atoms with van der Waals surface area (Å²) in [6, 6.07) is 19.9. The van der Waals surface area contributed by atoms with Crippen LogP contribution in [0.15, 0.2) is 82.1 Å². The van der Waals surface area contributed by atoms with Crippen molar-refractivity contribution in [3.05, 3.63) is 90.1 Å². The number of halogens is 3. The molecule has 5 aromatic rings. The number of sulfone groups is 1. The first-order chi connectivity index (χ1) is 19.9. The maximum atomic E-state index is 12.7. The van der Waals surface area contributed by atoms with Gasteiger partial charge in [0, 0.05) is 35.9 Å². The Kier molecular flexibility index (Phi) is 6.72. The number of aryl methyl sites for hydroxylation is 2. The molecule has 0 bridgehead atoms. The lowest BCUT2D eigenvalue weighted by atomic mass is 9.98. The fraction of sp³-hybridized carbons (Fsp3) is 0.226. The minimum absolute atomic E-state index is 0.198. The first-order valence-electron chi connectivity index (χ1n) is 13.2. The summed E-state index contributed by atoms with van der Waals surface area (Å²) in [5, 5.41) is 4.79. The van der Waals surface area contributed by atoms with E-state index in [1.165, 1.54) is 24.3 Å². The smallest absolute Gasteiger partial charge is 0.440 e. The van der Waals surface area contributed by atoms with Crippen LogP contribution in [0.4, 0.5) is 13.2 Å². The van der Waals surface area contributed by atoms with Gasteiger partial charge in [-0.15, -0.1) is 13.2 Å². The van der Waals surface area contributed by atoms with Gasteiger partial charge in [-0.05, 0) is 85.5 Å². The second kappa shape index (κ2) is 10.2. The fourth-order valence-corrected chi connectivity index (χ4v) is 5.66. The largest absolute Gasteiger partial charge is 0.573 e. The van der Waals surface area contributed by atoms with Gasteiger partial charge in [-0.2, -0.15) is 5.10 Å². The number of rotatable bonds is 7. The molecule has 11 heteroatoms. The molecule has 216 valence electrons. The van der Waals surface area contributed by atoms with E-state index < -0.39 is 16.2 Å². The highest BCUT2D eigenvalue weighted by molar-refractivity contribution is 7.90. The van der Waals surface area contributed by atoms with E-state index in [1.54, 1.807) is 25.1 Å². The third-order valence-corrected chi connectivity index (χ3v) is 8.12. The molecule has 0 amide bonds. The molecule has 42 heavy (non-hydrogen) atoms. The van der Waals surface area contributed by atoms with E-state index in [-0.39, 0.29) is 10.6 Å². The summed E-state index contributed by atoms with van der Waals surface area (Å²) in [4.78, 5) is 4.90. The van der Waals surface area contributed by atoms with Gasteiger partial charge in [-0.1, -0.05) is 18.2 Å². The van der Waals surface area contributed by atoms with Crippen molar-refractivity contribution < 1.29 is 30.7 Å². The molecule has 7 nitrogen and oxygen atoms in total. The van der Waals surface area contributed by atoms with Gasteiger partial charge in [0.05, 0.1) is 16.3 Å². The predicted molar refractivity (Wildman–Crippen MR) is 151 cm³/mol. The highest BCUT2D eigenvalue weighted by atomic mass is 32.2. The molecule has 3 aromatic carbocycles. The third-order valence-electron chi connectivity index (χ3n) is 7.01. The molecule has 1 fully saturated rings. The van der Waals surface area contributed by atoms with Crippen LogP contribution in [-0.2, 0) is 9.84 Å². The number of ether oxygens (including phenoxy) is 1. The Morgan fingerprint density at radius 3 is 2.29 bits per heavy atom. The number of benzene rings is 3. The Morgan fingerprint density at radius 2 is 1.62 bits per heavy atom. The first-order valence-corrected chi connectivity index (χ1v) is 15.1. The van der Waals surface area contributed by atoms with Crippen molar-refractivity contribution in [3.63, 3.8) is 0 Å². The van der Waals surface area contributed by atoms with E-state index in [0.717, 1.165) is 41.7 Å². The maximum Gasteiger partial charge on any atom is 0.573 e. The van der Waals surface area contributed by atoms with Crippen LogP contribution in [0.3, 0.4) is 0 Å². The second-order valence-corrected chi connectivity index (χ2v) is 12.4. The van der Waals surface area contributed by atoms with Gasteiger partial charge in [0.2, 0.25) is 0 Å². The van der Waals surface area contributed by atoms with Crippen LogP contribution >= 0.6 is 0 Å². The first kappa shape index (κ1) is 27.8. The van der Waals surface area contributed by atoms with Gasteiger partial charge in [0.25, 0.3) is 0 Å². The third kappa shape index (κ3) is 5.69. The zero-order valence-corrected chi connectivity index (χ0v) is 23.8. The maximum absolute atomic E-state index is 12.7. The van der Waals surface area contributed by atoms with Gasteiger partial charge in [-0.25, -0.2) is 18.1 Å². The average molecular weight is 594 g/mol. The molecule has 0 aliphatic heterocycles. The number of hydrogen-bond acceptors (Lipinski definition) is 6. The van der Waals surface area contributed by atoms with Gasteiger partial charge in [0.1, 0.15) is 11.4 Å². The number of alkyl halides is 3. The minimum Gasteiger partial charge on any atom is -0.440 e. The summed E-state index contributed by atoms with van der Waals surface area (Å²) in [5.74, 6) is 0.778. The van der Waals surface area contributed by atoms with Crippen molar-refractivity contribution in [2.24, 2.45) is 0 Å². The predicted octanol–water partition coefficient (Wildman–Crippen LogP) is 7.66. The number of nitrogens with zero attached hydrogens (tertiary/aromatic N) is 3. The quantitative estimate of drug-likeness (QED) is 0.193. The van der Waals surface area contributed by atoms with Gasteiger partial charge in [0.15, 0.2) is 21.5 Å². The van der Waals surface area contributed by atoms with Crippen molar-refractivity contribution in [1.29, 1.82) is 0 Å². The van der Waals surface area contributed by atoms with Crippen LogP contribution < -0.4 is 4.74 Å². The molecule has 1 aliphatic rings. The van der Waals surface area contributed by atoms with Gasteiger partial charge in [-0.3, -0.25) is 0 Å². The van der Waals surface area contributed by atoms with Crippen LogP contribution in [0.2, 0.25) is 0 Å². The topological polar surface area (TPSA) is 87.2 Å². The zero-order valence-electron chi connectivity index (χ0n) is 22.9. The van der Waals surface area contributed by atoms with Gasteiger partial charge < -0.3 is 9.15 Å². The van der Waals surface area contributed by atoms with Crippen LogP contribution in [0.5, 0.6) is 5.75 Å². The molecular weight excluding hydrogens is 567 g/mol. The Bertz CT molecular complexity index is 1900. The van der Waals surface area contributed by atoms with E-state index in [0.29, 0.717) is 40.0 Å². The van der Waals surface area contributed by atoms with Gasteiger partial charge >= 0.3 is 6.36 Å². The molecule has 0 N–H and O–H groups in total. The zero-order chi connectivity index (χ0) is 29.8. The highest BCUT2D eigenvalue weighted by Crippen LogP contribution is 2.44. The molecule has 2 heterocycles. The molecule has 2 aromatic heterocycles. The van der Waals surface area contributed by atoms with Crippen molar-refractivity contribution in [2.45, 2.75) is 43.9 Å². The molecule has 0 saturated heterocycles. The fourth-order valence-electron chi connectivity index (χ4n) is 4.99. The summed E-state index contributed by atoms with van der Waals surface area (Å²) in [6.45, 7) is 3.63.